The van der Waals surface area contributed by atoms with Gasteiger partial charge in [0.05, 0.1) is 6.61 Å². The average molecular weight is 373 g/mol. The van der Waals surface area contributed by atoms with Gasteiger partial charge in [-0.2, -0.15) is 8.42 Å². The van der Waals surface area contributed by atoms with Gasteiger partial charge in [0, 0.05) is 20.4 Å². The van der Waals surface area contributed by atoms with Crippen LogP contribution in [0.3, 0.4) is 0 Å². The van der Waals surface area contributed by atoms with E-state index in [2.05, 4.69) is 11.1 Å². The van der Waals surface area contributed by atoms with E-state index in [1.165, 1.54) is 44.9 Å². The molecular formula is C12H26O4PdS. The molecule has 0 aliphatic heterocycles. The standard InChI is InChI=1S/C12H26O4S.Pd/c1-2-3-4-5-6-7-8-9-10-11-12-16-17(13,14)15;/h2-12H2,1H3,(H,13,14,15);. The molecule has 0 heterocycles. The first-order valence-electron chi connectivity index (χ1n) is 6.68. The summed E-state index contributed by atoms with van der Waals surface area (Å²) in [4.78, 5) is 0. The molecule has 4 nitrogen and oxygen atoms in total. The van der Waals surface area contributed by atoms with Crippen molar-refractivity contribution in [3.8, 4) is 0 Å². The van der Waals surface area contributed by atoms with Crippen LogP contribution in [0, 0.1) is 0 Å². The number of hydrogen-bond acceptors (Lipinski definition) is 3. The monoisotopic (exact) mass is 372 g/mol. The number of rotatable bonds is 12. The van der Waals surface area contributed by atoms with Gasteiger partial charge in [0.25, 0.3) is 0 Å². The zero-order valence-electron chi connectivity index (χ0n) is 11.2. The van der Waals surface area contributed by atoms with E-state index in [9.17, 15) is 8.42 Å². The van der Waals surface area contributed by atoms with Crippen LogP contribution in [0.4, 0.5) is 0 Å². The zero-order valence-corrected chi connectivity index (χ0v) is 13.5. The van der Waals surface area contributed by atoms with Gasteiger partial charge in [0.1, 0.15) is 0 Å². The molecule has 0 fully saturated rings. The summed E-state index contributed by atoms with van der Waals surface area (Å²) in [6.07, 6.45) is 11.9. The predicted molar refractivity (Wildman–Crippen MR) is 69.3 cm³/mol. The molecule has 0 unspecified atom stereocenters. The van der Waals surface area contributed by atoms with E-state index in [0.29, 0.717) is 6.42 Å². The van der Waals surface area contributed by atoms with Crippen LogP contribution in [0.15, 0.2) is 0 Å². The van der Waals surface area contributed by atoms with Crippen molar-refractivity contribution in [2.45, 2.75) is 71.1 Å². The largest absolute Gasteiger partial charge is 0.397 e. The molecular weight excluding hydrogens is 347 g/mol. The Labute approximate surface area is 125 Å². The topological polar surface area (TPSA) is 63.6 Å². The minimum absolute atomic E-state index is 0. The molecule has 0 aromatic heterocycles. The maximum absolute atomic E-state index is 10.2. The van der Waals surface area contributed by atoms with Gasteiger partial charge in [-0.05, 0) is 6.42 Å². The summed E-state index contributed by atoms with van der Waals surface area (Å²) in [7, 11) is -4.23. The Hall–Kier alpha value is 0.532. The quantitative estimate of drug-likeness (QED) is 0.322. The van der Waals surface area contributed by atoms with Gasteiger partial charge in [0.15, 0.2) is 0 Å². The summed E-state index contributed by atoms with van der Waals surface area (Å²) in [5.41, 5.74) is 0. The summed E-state index contributed by atoms with van der Waals surface area (Å²) in [6, 6.07) is 0. The molecule has 0 amide bonds. The molecule has 0 bridgehead atoms. The summed E-state index contributed by atoms with van der Waals surface area (Å²) >= 11 is 0. The van der Waals surface area contributed by atoms with Crippen molar-refractivity contribution in [2.75, 3.05) is 6.61 Å². The average Bonchev–Trinajstić information content (AvgIpc) is 2.24. The van der Waals surface area contributed by atoms with Crippen molar-refractivity contribution in [3.05, 3.63) is 0 Å². The smallest absolute Gasteiger partial charge is 0.264 e. The van der Waals surface area contributed by atoms with Crippen LogP contribution in [-0.2, 0) is 35.0 Å². The summed E-state index contributed by atoms with van der Waals surface area (Å²) in [5.74, 6) is 0. The Bertz CT molecular complexity index is 255. The van der Waals surface area contributed by atoms with Crippen LogP contribution in [0.5, 0.6) is 0 Å². The number of hydrogen-bond donors (Lipinski definition) is 1. The van der Waals surface area contributed by atoms with Crippen molar-refractivity contribution in [2.24, 2.45) is 0 Å². The maximum Gasteiger partial charge on any atom is 0.397 e. The van der Waals surface area contributed by atoms with E-state index in [0.717, 1.165) is 12.8 Å². The van der Waals surface area contributed by atoms with Crippen LogP contribution in [0.2, 0.25) is 0 Å². The van der Waals surface area contributed by atoms with E-state index in [4.69, 9.17) is 4.55 Å². The molecule has 0 radical (unpaired) electrons. The predicted octanol–water partition coefficient (Wildman–Crippen LogP) is 3.72. The SMILES string of the molecule is CCCCCCCCCCCCOS(=O)(=O)O.[Pd]. The van der Waals surface area contributed by atoms with Gasteiger partial charge in [-0.1, -0.05) is 64.7 Å². The van der Waals surface area contributed by atoms with Crippen LogP contribution in [0.25, 0.3) is 0 Å². The summed E-state index contributed by atoms with van der Waals surface area (Å²) in [5, 5.41) is 0. The Morgan fingerprint density at radius 3 is 1.61 bits per heavy atom. The second-order valence-corrected chi connectivity index (χ2v) is 5.52. The van der Waals surface area contributed by atoms with Crippen LogP contribution in [0.1, 0.15) is 71.1 Å². The second-order valence-electron chi connectivity index (χ2n) is 4.43. The van der Waals surface area contributed by atoms with Crippen molar-refractivity contribution in [1.29, 1.82) is 0 Å². The van der Waals surface area contributed by atoms with Crippen molar-refractivity contribution < 1.29 is 37.6 Å². The third kappa shape index (κ3) is 18.9. The molecule has 18 heavy (non-hydrogen) atoms. The molecule has 0 aliphatic carbocycles. The molecule has 0 aromatic carbocycles. The number of unbranched alkanes of at least 4 members (excludes halogenated alkanes) is 9. The third-order valence-corrected chi connectivity index (χ3v) is 3.19. The molecule has 0 spiro atoms. The molecule has 6 heteroatoms. The van der Waals surface area contributed by atoms with Crippen LogP contribution < -0.4 is 0 Å². The van der Waals surface area contributed by atoms with Gasteiger partial charge < -0.3 is 0 Å². The van der Waals surface area contributed by atoms with E-state index in [-0.39, 0.29) is 27.0 Å². The first-order chi connectivity index (χ1) is 8.06. The van der Waals surface area contributed by atoms with Gasteiger partial charge in [-0.25, -0.2) is 4.18 Å². The molecule has 1 N–H and O–H groups in total. The molecule has 114 valence electrons. The first kappa shape index (κ1) is 20.8. The minimum Gasteiger partial charge on any atom is -0.264 e. The fourth-order valence-corrected chi connectivity index (χ4v) is 2.08. The van der Waals surface area contributed by atoms with Gasteiger partial charge in [-0.3, -0.25) is 4.55 Å². The van der Waals surface area contributed by atoms with Crippen molar-refractivity contribution in [1.82, 2.24) is 0 Å². The Morgan fingerprint density at radius 2 is 1.22 bits per heavy atom. The molecule has 0 aliphatic rings. The zero-order chi connectivity index (χ0) is 13.0. The molecule has 0 aromatic rings. The fraction of sp³-hybridized carbons (Fsp3) is 1.00. The Morgan fingerprint density at radius 1 is 0.833 bits per heavy atom. The molecule has 0 rings (SSSR count). The van der Waals surface area contributed by atoms with Crippen molar-refractivity contribution in [3.63, 3.8) is 0 Å². The van der Waals surface area contributed by atoms with E-state index in [1.807, 2.05) is 0 Å². The van der Waals surface area contributed by atoms with Crippen LogP contribution in [-0.4, -0.2) is 19.6 Å². The normalized spacial score (nSPS) is 11.2. The van der Waals surface area contributed by atoms with E-state index < -0.39 is 10.4 Å². The van der Waals surface area contributed by atoms with Gasteiger partial charge in [0.2, 0.25) is 0 Å². The van der Waals surface area contributed by atoms with Crippen molar-refractivity contribution >= 4 is 10.4 Å². The summed E-state index contributed by atoms with van der Waals surface area (Å²) in [6.45, 7) is 2.31. The second kappa shape index (κ2) is 14.0. The summed E-state index contributed by atoms with van der Waals surface area (Å²) < 4.78 is 33.0. The van der Waals surface area contributed by atoms with E-state index >= 15 is 0 Å². The Balaban J connectivity index is 0. The van der Waals surface area contributed by atoms with E-state index in [1.54, 1.807) is 0 Å². The van der Waals surface area contributed by atoms with Gasteiger partial charge >= 0.3 is 10.4 Å². The molecule has 0 saturated carbocycles. The molecule has 0 atom stereocenters. The van der Waals surface area contributed by atoms with Gasteiger partial charge in [-0.15, -0.1) is 0 Å². The van der Waals surface area contributed by atoms with Crippen LogP contribution >= 0.6 is 0 Å². The third-order valence-electron chi connectivity index (χ3n) is 2.73. The maximum atomic E-state index is 10.2. The fourth-order valence-electron chi connectivity index (χ4n) is 1.75. The molecule has 0 saturated heterocycles. The Kier molecular flexibility index (Phi) is 16.2. The first-order valence-corrected chi connectivity index (χ1v) is 8.04. The minimum atomic E-state index is -4.23.